The zero-order valence-corrected chi connectivity index (χ0v) is 35.8. The quantitative estimate of drug-likeness (QED) is 0.166. The Hall–Kier alpha value is -0.640. The van der Waals surface area contributed by atoms with Crippen molar-refractivity contribution in [2.24, 2.45) is 52.3 Å². The summed E-state index contributed by atoms with van der Waals surface area (Å²) >= 11 is 0. The third kappa shape index (κ3) is 7.27. The van der Waals surface area contributed by atoms with E-state index in [4.69, 9.17) is 37.9 Å². The minimum absolute atomic E-state index is 0.126. The minimum atomic E-state index is -1.70. The fourth-order valence-corrected chi connectivity index (χ4v) is 14.3. The molecule has 16 nitrogen and oxygen atoms in total. The molecule has 0 unspecified atom stereocenters. The molecular formula is C44H72O16. The summed E-state index contributed by atoms with van der Waals surface area (Å²) in [6.07, 6.45) is -9.85. The lowest BCUT2D eigenvalue weighted by atomic mass is 9.44. The van der Waals surface area contributed by atoms with Gasteiger partial charge in [-0.25, -0.2) is 0 Å². The molecule has 60 heavy (non-hydrogen) atoms. The topological polar surface area (TPSA) is 236 Å². The molecule has 0 aromatic carbocycles. The summed E-state index contributed by atoms with van der Waals surface area (Å²) in [6.45, 7) is 11.0. The number of hydrogen-bond donors (Lipinski definition) is 8. The van der Waals surface area contributed by atoms with Crippen molar-refractivity contribution < 1.29 is 78.7 Å². The van der Waals surface area contributed by atoms with Crippen molar-refractivity contribution in [1.82, 2.24) is 0 Å². The maximum Gasteiger partial charge on any atom is 0.187 e. The van der Waals surface area contributed by atoms with Crippen LogP contribution in [0.15, 0.2) is 0 Å². The molecule has 0 radical (unpaired) electrons. The van der Waals surface area contributed by atoms with Crippen molar-refractivity contribution in [2.75, 3.05) is 19.8 Å². The number of aliphatic hydroxyl groups excluding tert-OH is 8. The molecular weight excluding hydrogens is 784 g/mol. The number of fused-ring (bicyclic) bond motifs is 7. The molecule has 26 atom stereocenters. The Morgan fingerprint density at radius 3 is 2.10 bits per heavy atom. The first-order valence-electron chi connectivity index (χ1n) is 23.1. The van der Waals surface area contributed by atoms with Gasteiger partial charge in [0.25, 0.3) is 0 Å². The second kappa shape index (κ2) is 16.7. The van der Waals surface area contributed by atoms with Gasteiger partial charge in [-0.15, -0.1) is 0 Å². The van der Waals surface area contributed by atoms with Gasteiger partial charge in [0, 0.05) is 12.3 Å². The standard InChI is InChI=1S/C44H72O16/c1-19-8-13-44(54-17-19)20(2)30-28(60-44)15-26-24-7-6-22-14-23(9-11-42(22,4)25(24)10-12-43(26,30)5)56-41-38(59-39-34(50)32(48)27(46)18-53-39)36(52)37(29(16-45)57-41)58-40-35(51)33(49)31(47)21(3)55-40/h19-41,45-52H,6-18H2,1-5H3/t19-,20-,21-,22+,23-,24+,25-,26-,27+,28-,29+,30-,31-,32-,33+,34+,35+,36-,37+,38+,39-,40+,41+,42-,43-,44+/m0/s1. The van der Waals surface area contributed by atoms with E-state index in [0.717, 1.165) is 58.0 Å². The lowest BCUT2D eigenvalue weighted by molar-refractivity contribution is -0.385. The fraction of sp³-hybridized carbons (Fsp3) is 1.00. The molecule has 5 aliphatic heterocycles. The van der Waals surface area contributed by atoms with E-state index in [0.29, 0.717) is 41.4 Å². The van der Waals surface area contributed by atoms with Crippen LogP contribution in [-0.4, -0.2) is 165 Å². The predicted octanol–water partition coefficient (Wildman–Crippen LogP) is 0.933. The van der Waals surface area contributed by atoms with Gasteiger partial charge in [-0.2, -0.15) is 0 Å². The summed E-state index contributed by atoms with van der Waals surface area (Å²) in [5, 5.41) is 85.2. The Labute approximate surface area is 353 Å². The lowest BCUT2D eigenvalue weighted by Gasteiger charge is -2.61. The van der Waals surface area contributed by atoms with Gasteiger partial charge in [-0.1, -0.05) is 27.7 Å². The van der Waals surface area contributed by atoms with Crippen LogP contribution in [0.25, 0.3) is 0 Å². The smallest absolute Gasteiger partial charge is 0.187 e. The third-order valence-electron chi connectivity index (χ3n) is 17.9. The second-order valence-electron chi connectivity index (χ2n) is 21.1. The molecule has 9 aliphatic rings. The molecule has 1 spiro atoms. The van der Waals surface area contributed by atoms with Crippen molar-refractivity contribution in [2.45, 2.75) is 203 Å². The highest BCUT2D eigenvalue weighted by molar-refractivity contribution is 5.15. The Kier molecular flexibility index (Phi) is 12.4. The average molecular weight is 857 g/mol. The minimum Gasteiger partial charge on any atom is -0.394 e. The molecule has 4 aliphatic carbocycles. The second-order valence-corrected chi connectivity index (χ2v) is 21.1. The number of rotatable bonds is 7. The van der Waals surface area contributed by atoms with Crippen molar-refractivity contribution in [3.8, 4) is 0 Å². The van der Waals surface area contributed by atoms with Crippen LogP contribution in [0.4, 0.5) is 0 Å². The molecule has 9 fully saturated rings. The Morgan fingerprint density at radius 2 is 1.37 bits per heavy atom. The van der Waals surface area contributed by atoms with Crippen LogP contribution in [0, 0.1) is 52.3 Å². The van der Waals surface area contributed by atoms with E-state index in [9.17, 15) is 40.9 Å². The van der Waals surface area contributed by atoms with Crippen LogP contribution >= 0.6 is 0 Å². The largest absolute Gasteiger partial charge is 0.394 e. The first kappa shape index (κ1) is 44.6. The Bertz CT molecular complexity index is 1500. The molecule has 0 amide bonds. The highest BCUT2D eigenvalue weighted by Gasteiger charge is 2.69. The summed E-state index contributed by atoms with van der Waals surface area (Å²) in [6, 6.07) is 0. The molecule has 4 saturated carbocycles. The SMILES string of the molecule is C[C@H]1CC[C@@]2(OC1)O[C@H]1C[C@H]3[C@@H]4CC[C@@H]5C[C@@H](O[C@@H]6O[C@H](CO)[C@@H](O[C@H]7O[C@@H](C)[C@H](O)[C@@H](O)[C@H]7O)[C@H](O)[C@H]6O[C@@H]6OC[C@@H](O)[C@H](O)[C@H]6O)CC[C@]5(C)[C@H]4CC[C@]3(C)[C@H]1[C@@H]2C. The van der Waals surface area contributed by atoms with Gasteiger partial charge in [0.05, 0.1) is 38.1 Å². The van der Waals surface area contributed by atoms with Crippen molar-refractivity contribution in [3.05, 3.63) is 0 Å². The van der Waals surface area contributed by atoms with E-state index in [1.54, 1.807) is 0 Å². The number of hydrogen-bond acceptors (Lipinski definition) is 16. The third-order valence-corrected chi connectivity index (χ3v) is 17.9. The molecule has 344 valence electrons. The molecule has 5 heterocycles. The number of aliphatic hydroxyl groups is 8. The molecule has 9 rings (SSSR count). The predicted molar refractivity (Wildman–Crippen MR) is 208 cm³/mol. The van der Waals surface area contributed by atoms with Crippen LogP contribution < -0.4 is 0 Å². The average Bonchev–Trinajstić information content (AvgIpc) is 3.68. The summed E-state index contributed by atoms with van der Waals surface area (Å²) in [7, 11) is 0. The van der Waals surface area contributed by atoms with E-state index in [1.165, 1.54) is 19.8 Å². The highest BCUT2D eigenvalue weighted by atomic mass is 16.8. The van der Waals surface area contributed by atoms with E-state index >= 15 is 0 Å². The van der Waals surface area contributed by atoms with Crippen LogP contribution in [0.3, 0.4) is 0 Å². The van der Waals surface area contributed by atoms with Crippen LogP contribution in [-0.2, 0) is 37.9 Å². The van der Waals surface area contributed by atoms with Crippen molar-refractivity contribution >= 4 is 0 Å². The van der Waals surface area contributed by atoms with E-state index in [2.05, 4.69) is 27.7 Å². The van der Waals surface area contributed by atoms with Gasteiger partial charge < -0.3 is 78.7 Å². The van der Waals surface area contributed by atoms with Gasteiger partial charge in [-0.05, 0) is 111 Å². The fourth-order valence-electron chi connectivity index (χ4n) is 14.3. The van der Waals surface area contributed by atoms with Crippen LogP contribution in [0.2, 0.25) is 0 Å². The maximum absolute atomic E-state index is 11.9. The molecule has 0 aromatic rings. The molecule has 5 saturated heterocycles. The van der Waals surface area contributed by atoms with E-state index < -0.39 is 98.4 Å². The summed E-state index contributed by atoms with van der Waals surface area (Å²) < 4.78 is 49.9. The maximum atomic E-state index is 11.9. The Balaban J connectivity index is 0.891. The van der Waals surface area contributed by atoms with Crippen molar-refractivity contribution in [1.29, 1.82) is 0 Å². The van der Waals surface area contributed by atoms with Crippen molar-refractivity contribution in [3.63, 3.8) is 0 Å². The molecule has 16 heteroatoms. The molecule has 8 N–H and O–H groups in total. The first-order valence-corrected chi connectivity index (χ1v) is 23.1. The van der Waals surface area contributed by atoms with Crippen LogP contribution in [0.1, 0.15) is 98.8 Å². The van der Waals surface area contributed by atoms with Gasteiger partial charge >= 0.3 is 0 Å². The van der Waals surface area contributed by atoms with Gasteiger partial charge in [0.15, 0.2) is 24.7 Å². The zero-order chi connectivity index (χ0) is 42.6. The zero-order valence-electron chi connectivity index (χ0n) is 35.8. The highest BCUT2D eigenvalue weighted by Crippen LogP contribution is 2.71. The van der Waals surface area contributed by atoms with E-state index in [1.807, 2.05) is 0 Å². The normalized spacial score (nSPS) is 59.2. The van der Waals surface area contributed by atoms with Gasteiger partial charge in [0.2, 0.25) is 0 Å². The molecule has 0 bridgehead atoms. The number of ether oxygens (including phenoxy) is 8. The summed E-state index contributed by atoms with van der Waals surface area (Å²) in [5.74, 6) is 3.29. The summed E-state index contributed by atoms with van der Waals surface area (Å²) in [5.41, 5.74) is 0.356. The lowest BCUT2D eigenvalue weighted by Crippen LogP contribution is -2.66. The van der Waals surface area contributed by atoms with Gasteiger partial charge in [0.1, 0.15) is 61.0 Å². The molecule has 0 aromatic heterocycles. The Morgan fingerprint density at radius 1 is 0.633 bits per heavy atom. The first-order chi connectivity index (χ1) is 28.5. The monoisotopic (exact) mass is 856 g/mol. The summed E-state index contributed by atoms with van der Waals surface area (Å²) in [4.78, 5) is 0. The van der Waals surface area contributed by atoms with Gasteiger partial charge in [-0.3, -0.25) is 0 Å². The van der Waals surface area contributed by atoms with Crippen LogP contribution in [0.5, 0.6) is 0 Å². The van der Waals surface area contributed by atoms with E-state index in [-0.39, 0.29) is 29.6 Å².